The van der Waals surface area contributed by atoms with Gasteiger partial charge in [0.2, 0.25) is 5.91 Å². The molecule has 0 radical (unpaired) electrons. The van der Waals surface area contributed by atoms with E-state index in [4.69, 9.17) is 0 Å². The Kier molecular flexibility index (Phi) is 6.01. The third kappa shape index (κ3) is 4.84. The van der Waals surface area contributed by atoms with Crippen LogP contribution in [0.25, 0.3) is 0 Å². The molecule has 1 amide bonds. The number of hydrogen-bond acceptors (Lipinski definition) is 3. The van der Waals surface area contributed by atoms with Gasteiger partial charge in [0.15, 0.2) is 0 Å². The number of piperidine rings is 1. The average molecular weight is 371 g/mol. The summed E-state index contributed by atoms with van der Waals surface area (Å²) in [6.45, 7) is 4.12. The molecule has 2 aliphatic carbocycles. The van der Waals surface area contributed by atoms with Gasteiger partial charge in [-0.3, -0.25) is 4.79 Å². The molecule has 3 atom stereocenters. The number of nitrogens with zero attached hydrogens (tertiary/aromatic N) is 1. The van der Waals surface area contributed by atoms with E-state index < -0.39 is 0 Å². The van der Waals surface area contributed by atoms with Crippen molar-refractivity contribution in [2.75, 3.05) is 26.2 Å². The van der Waals surface area contributed by atoms with Crippen molar-refractivity contribution in [1.29, 1.82) is 0 Å². The third-order valence-electron chi connectivity index (χ3n) is 7.29. The predicted octanol–water partition coefficient (Wildman–Crippen LogP) is 3.59. The Morgan fingerprint density at radius 2 is 1.85 bits per heavy atom. The number of likely N-dealkylation sites (tertiary alicyclic amines) is 1. The fraction of sp³-hybridized carbons (Fsp3) is 0.696. The normalized spacial score (nSPS) is 28.5. The van der Waals surface area contributed by atoms with Crippen molar-refractivity contribution >= 4 is 5.91 Å². The fourth-order valence-corrected chi connectivity index (χ4v) is 5.57. The second-order valence-corrected chi connectivity index (χ2v) is 9.06. The highest BCUT2D eigenvalue weighted by atomic mass is 16.3. The molecule has 2 N–H and O–H groups in total. The number of carbonyl (C=O) groups is 1. The van der Waals surface area contributed by atoms with E-state index in [9.17, 15) is 9.90 Å². The molecule has 1 saturated heterocycles. The molecule has 2 saturated carbocycles. The lowest BCUT2D eigenvalue weighted by molar-refractivity contribution is -0.126. The van der Waals surface area contributed by atoms with Crippen LogP contribution in [0.1, 0.15) is 50.5 Å². The minimum atomic E-state index is 0.314. The molecule has 148 valence electrons. The van der Waals surface area contributed by atoms with Crippen LogP contribution in [0.4, 0.5) is 0 Å². The highest BCUT2D eigenvalue weighted by molar-refractivity contribution is 5.79. The molecule has 3 unspecified atom stereocenters. The Labute approximate surface area is 163 Å². The van der Waals surface area contributed by atoms with Crippen LogP contribution in [0.2, 0.25) is 0 Å². The summed E-state index contributed by atoms with van der Waals surface area (Å²) in [5.74, 6) is 3.31. The van der Waals surface area contributed by atoms with Gasteiger partial charge in [-0.05, 0) is 93.5 Å². The van der Waals surface area contributed by atoms with Crippen LogP contribution in [0.15, 0.2) is 24.3 Å². The van der Waals surface area contributed by atoms with Crippen molar-refractivity contribution < 1.29 is 9.90 Å². The summed E-state index contributed by atoms with van der Waals surface area (Å²) in [6, 6.07) is 7.62. The first kappa shape index (κ1) is 18.8. The fourth-order valence-electron chi connectivity index (χ4n) is 5.57. The number of fused-ring (bicyclic) bond motifs is 2. The molecule has 27 heavy (non-hydrogen) atoms. The van der Waals surface area contributed by atoms with Gasteiger partial charge in [0.1, 0.15) is 5.75 Å². The summed E-state index contributed by atoms with van der Waals surface area (Å²) in [5.41, 5.74) is 1.32. The first-order chi connectivity index (χ1) is 13.2. The highest BCUT2D eigenvalue weighted by Crippen LogP contribution is 2.48. The number of amides is 1. The molecule has 1 aromatic rings. The molecular formula is C23H34N2O2. The zero-order chi connectivity index (χ0) is 18.6. The van der Waals surface area contributed by atoms with Crippen molar-refractivity contribution in [1.82, 2.24) is 10.2 Å². The van der Waals surface area contributed by atoms with E-state index in [1.807, 2.05) is 12.1 Å². The topological polar surface area (TPSA) is 52.6 Å². The van der Waals surface area contributed by atoms with Crippen molar-refractivity contribution in [2.24, 2.45) is 23.7 Å². The van der Waals surface area contributed by atoms with Crippen LogP contribution in [-0.4, -0.2) is 42.1 Å². The smallest absolute Gasteiger partial charge is 0.223 e. The van der Waals surface area contributed by atoms with Crippen LogP contribution in [0.5, 0.6) is 5.75 Å². The number of hydrogen-bond donors (Lipinski definition) is 2. The molecule has 4 nitrogen and oxygen atoms in total. The molecule has 4 heteroatoms. The maximum Gasteiger partial charge on any atom is 0.223 e. The monoisotopic (exact) mass is 370 g/mol. The number of aryl methyl sites for hydroxylation is 1. The van der Waals surface area contributed by atoms with Gasteiger partial charge in [-0.15, -0.1) is 0 Å². The number of rotatable bonds is 7. The molecule has 0 aromatic heterocycles. The summed E-state index contributed by atoms with van der Waals surface area (Å²) < 4.78 is 0. The van der Waals surface area contributed by atoms with Gasteiger partial charge < -0.3 is 15.3 Å². The Hall–Kier alpha value is -1.55. The van der Waals surface area contributed by atoms with Crippen molar-refractivity contribution in [3.8, 4) is 5.75 Å². The van der Waals surface area contributed by atoms with Crippen LogP contribution in [0, 0.1) is 23.7 Å². The SMILES string of the molecule is O=C(NCCN1CCC(CCc2ccc(O)cc2)CC1)C1CC2CCC1C2. The number of phenolic OH excluding ortho intramolecular Hbond substituents is 1. The molecule has 3 fully saturated rings. The lowest BCUT2D eigenvalue weighted by atomic mass is 9.88. The van der Waals surface area contributed by atoms with E-state index in [1.54, 1.807) is 12.1 Å². The van der Waals surface area contributed by atoms with Gasteiger partial charge in [-0.25, -0.2) is 0 Å². The quantitative estimate of drug-likeness (QED) is 0.771. The number of benzene rings is 1. The van der Waals surface area contributed by atoms with Crippen LogP contribution in [-0.2, 0) is 11.2 Å². The summed E-state index contributed by atoms with van der Waals surface area (Å²) >= 11 is 0. The van der Waals surface area contributed by atoms with Gasteiger partial charge in [0.05, 0.1) is 0 Å². The van der Waals surface area contributed by atoms with Crippen LogP contribution >= 0.6 is 0 Å². The molecule has 2 bridgehead atoms. The van der Waals surface area contributed by atoms with E-state index in [-0.39, 0.29) is 0 Å². The molecule has 3 aliphatic rings. The Balaban J connectivity index is 1.10. The maximum atomic E-state index is 12.4. The van der Waals surface area contributed by atoms with Gasteiger partial charge in [0, 0.05) is 19.0 Å². The zero-order valence-corrected chi connectivity index (χ0v) is 16.4. The van der Waals surface area contributed by atoms with Crippen LogP contribution < -0.4 is 5.32 Å². The highest BCUT2D eigenvalue weighted by Gasteiger charge is 2.42. The predicted molar refractivity (Wildman–Crippen MR) is 108 cm³/mol. The second kappa shape index (κ2) is 8.64. The summed E-state index contributed by atoms with van der Waals surface area (Å²) in [7, 11) is 0. The molecule has 1 aliphatic heterocycles. The largest absolute Gasteiger partial charge is 0.508 e. The lowest BCUT2D eigenvalue weighted by Gasteiger charge is -2.32. The lowest BCUT2D eigenvalue weighted by Crippen LogP contribution is -2.41. The maximum absolute atomic E-state index is 12.4. The number of nitrogens with one attached hydrogen (secondary N) is 1. The third-order valence-corrected chi connectivity index (χ3v) is 7.29. The second-order valence-electron chi connectivity index (χ2n) is 9.06. The standard InChI is InChI=1S/C23H34N2O2/c26-21-7-4-17(5-8-21)1-2-18-9-12-25(13-10-18)14-11-24-23(27)22-16-19-3-6-20(22)15-19/h4-5,7-8,18-20,22,26H,1-3,6,9-16H2,(H,24,27). The zero-order valence-electron chi connectivity index (χ0n) is 16.4. The van der Waals surface area contributed by atoms with Crippen LogP contribution in [0.3, 0.4) is 0 Å². The number of carbonyl (C=O) groups excluding carboxylic acids is 1. The van der Waals surface area contributed by atoms with Gasteiger partial charge in [0.25, 0.3) is 0 Å². The van der Waals surface area contributed by atoms with E-state index in [0.29, 0.717) is 23.5 Å². The number of phenols is 1. The molecule has 1 heterocycles. The molecule has 0 spiro atoms. The van der Waals surface area contributed by atoms with Crippen molar-refractivity contribution in [3.05, 3.63) is 29.8 Å². The minimum absolute atomic E-state index is 0.314. The van der Waals surface area contributed by atoms with E-state index in [0.717, 1.165) is 50.9 Å². The molecular weight excluding hydrogens is 336 g/mol. The number of aromatic hydroxyl groups is 1. The first-order valence-electron chi connectivity index (χ1n) is 11.0. The Bertz CT molecular complexity index is 622. The minimum Gasteiger partial charge on any atom is -0.508 e. The summed E-state index contributed by atoms with van der Waals surface area (Å²) in [6.07, 6.45) is 9.94. The Morgan fingerprint density at radius 3 is 2.52 bits per heavy atom. The molecule has 1 aromatic carbocycles. The first-order valence-corrected chi connectivity index (χ1v) is 11.0. The van der Waals surface area contributed by atoms with Gasteiger partial charge in [-0.1, -0.05) is 18.6 Å². The molecule has 4 rings (SSSR count). The van der Waals surface area contributed by atoms with Gasteiger partial charge in [-0.2, -0.15) is 0 Å². The summed E-state index contributed by atoms with van der Waals surface area (Å²) in [5, 5.41) is 12.6. The van der Waals surface area contributed by atoms with Crippen molar-refractivity contribution in [3.63, 3.8) is 0 Å². The summed E-state index contributed by atoms with van der Waals surface area (Å²) in [4.78, 5) is 14.9. The van der Waals surface area contributed by atoms with Gasteiger partial charge >= 0.3 is 0 Å². The average Bonchev–Trinajstić information content (AvgIpc) is 3.32. The Morgan fingerprint density at radius 1 is 1.07 bits per heavy atom. The van der Waals surface area contributed by atoms with E-state index >= 15 is 0 Å². The van der Waals surface area contributed by atoms with E-state index in [2.05, 4.69) is 10.2 Å². The van der Waals surface area contributed by atoms with E-state index in [1.165, 1.54) is 44.1 Å². The van der Waals surface area contributed by atoms with Crippen molar-refractivity contribution in [2.45, 2.75) is 51.4 Å².